The second kappa shape index (κ2) is 9.12. The number of non-ortho nitro benzene ring substituents is 1. The molecule has 1 aromatic rings. The highest BCUT2D eigenvalue weighted by atomic mass is 16.6. The number of ketones is 1. The molecule has 1 aromatic carbocycles. The molecule has 1 aliphatic heterocycles. The zero-order valence-electron chi connectivity index (χ0n) is 19.6. The number of nitro benzene ring substituents is 1. The average Bonchev–Trinajstić information content (AvgIpc) is 3.00. The molecule has 1 heterocycles. The van der Waals surface area contributed by atoms with Crippen molar-refractivity contribution in [3.05, 3.63) is 62.5 Å². The molecule has 2 aliphatic carbocycles. The van der Waals surface area contributed by atoms with Crippen LogP contribution in [0.15, 0.2) is 46.8 Å². The molecule has 0 radical (unpaired) electrons. The number of ether oxygens (including phenoxy) is 1. The van der Waals surface area contributed by atoms with Crippen molar-refractivity contribution in [2.45, 2.75) is 84.2 Å². The number of benzene rings is 1. The standard InChI is InChI=1S/C26H32N2O5/c1-16-22(25(30)33-19-11-6-4-5-7-12-19)23(17-9-8-10-18(13-17)28(31)32)24-20(27-16)14-26(2,3)15-21(24)29/h8-10,13,19,23,27H,4-7,11-12,14-15H2,1-3H3. The Balaban J connectivity index is 1.77. The first-order chi connectivity index (χ1) is 15.7. The molecule has 4 rings (SSSR count). The Morgan fingerprint density at radius 3 is 2.52 bits per heavy atom. The molecule has 0 spiro atoms. The van der Waals surface area contributed by atoms with Crippen LogP contribution in [0.2, 0.25) is 0 Å². The number of hydrogen-bond acceptors (Lipinski definition) is 6. The van der Waals surface area contributed by atoms with Gasteiger partial charge in [0.1, 0.15) is 6.10 Å². The minimum absolute atomic E-state index is 0.0301. The number of rotatable bonds is 4. The number of Topliss-reactive ketones (excluding diaryl/α,β-unsaturated/α-hetero) is 1. The fraction of sp³-hybridized carbons (Fsp3) is 0.538. The molecular weight excluding hydrogens is 420 g/mol. The number of esters is 1. The molecule has 0 aromatic heterocycles. The quantitative estimate of drug-likeness (QED) is 0.282. The second-order valence-corrected chi connectivity index (χ2v) is 10.3. The molecular formula is C26H32N2O5. The summed E-state index contributed by atoms with van der Waals surface area (Å²) in [6, 6.07) is 6.26. The molecule has 1 fully saturated rings. The first kappa shape index (κ1) is 23.2. The van der Waals surface area contributed by atoms with Gasteiger partial charge in [-0.05, 0) is 50.0 Å². The number of nitrogens with one attached hydrogen (secondary N) is 1. The number of dihydropyridines is 1. The predicted molar refractivity (Wildman–Crippen MR) is 124 cm³/mol. The van der Waals surface area contributed by atoms with Crippen LogP contribution in [0.3, 0.4) is 0 Å². The molecule has 1 saturated carbocycles. The van der Waals surface area contributed by atoms with E-state index in [-0.39, 0.29) is 23.0 Å². The Kier molecular flexibility index (Phi) is 6.41. The van der Waals surface area contributed by atoms with E-state index in [1.54, 1.807) is 12.1 Å². The zero-order valence-corrected chi connectivity index (χ0v) is 19.6. The van der Waals surface area contributed by atoms with E-state index in [0.717, 1.165) is 44.2 Å². The van der Waals surface area contributed by atoms with Crippen molar-refractivity contribution in [3.8, 4) is 0 Å². The van der Waals surface area contributed by atoms with Crippen molar-refractivity contribution in [2.24, 2.45) is 5.41 Å². The molecule has 0 saturated heterocycles. The van der Waals surface area contributed by atoms with Crippen molar-refractivity contribution in [1.29, 1.82) is 0 Å². The van der Waals surface area contributed by atoms with Crippen LogP contribution < -0.4 is 5.32 Å². The third kappa shape index (κ3) is 4.87. The van der Waals surface area contributed by atoms with E-state index in [1.165, 1.54) is 12.1 Å². The third-order valence-corrected chi connectivity index (χ3v) is 6.95. The summed E-state index contributed by atoms with van der Waals surface area (Å²) in [5, 5.41) is 14.8. The largest absolute Gasteiger partial charge is 0.459 e. The minimum Gasteiger partial charge on any atom is -0.459 e. The molecule has 33 heavy (non-hydrogen) atoms. The second-order valence-electron chi connectivity index (χ2n) is 10.3. The van der Waals surface area contributed by atoms with Gasteiger partial charge in [-0.25, -0.2) is 4.79 Å². The lowest BCUT2D eigenvalue weighted by atomic mass is 9.68. The van der Waals surface area contributed by atoms with Gasteiger partial charge in [-0.1, -0.05) is 38.8 Å². The van der Waals surface area contributed by atoms with Crippen LogP contribution in [0.5, 0.6) is 0 Å². The highest BCUT2D eigenvalue weighted by Crippen LogP contribution is 2.47. The fourth-order valence-corrected chi connectivity index (χ4v) is 5.43. The number of allylic oxidation sites excluding steroid dienone is 3. The molecule has 0 amide bonds. The van der Waals surface area contributed by atoms with Gasteiger partial charge in [0.25, 0.3) is 5.69 Å². The normalized spacial score (nSPS) is 23.5. The summed E-state index contributed by atoms with van der Waals surface area (Å²) in [6.07, 6.45) is 6.94. The summed E-state index contributed by atoms with van der Waals surface area (Å²) in [5.41, 5.74) is 2.67. The zero-order chi connectivity index (χ0) is 23.8. The maximum absolute atomic E-state index is 13.5. The number of nitro groups is 1. The Bertz CT molecular complexity index is 1040. The van der Waals surface area contributed by atoms with E-state index in [9.17, 15) is 19.7 Å². The van der Waals surface area contributed by atoms with Crippen molar-refractivity contribution in [2.75, 3.05) is 0 Å². The van der Waals surface area contributed by atoms with Gasteiger partial charge in [0.15, 0.2) is 5.78 Å². The van der Waals surface area contributed by atoms with Crippen LogP contribution in [0.4, 0.5) is 5.69 Å². The molecule has 176 valence electrons. The number of carbonyl (C=O) groups excluding carboxylic acids is 2. The predicted octanol–water partition coefficient (Wildman–Crippen LogP) is 5.46. The van der Waals surface area contributed by atoms with Gasteiger partial charge in [0.05, 0.1) is 10.5 Å². The first-order valence-electron chi connectivity index (χ1n) is 11.9. The lowest BCUT2D eigenvalue weighted by molar-refractivity contribution is -0.384. The summed E-state index contributed by atoms with van der Waals surface area (Å²) in [6.45, 7) is 5.92. The average molecular weight is 453 g/mol. The smallest absolute Gasteiger partial charge is 0.337 e. The first-order valence-corrected chi connectivity index (χ1v) is 11.9. The van der Waals surface area contributed by atoms with Crippen molar-refractivity contribution < 1.29 is 19.2 Å². The highest BCUT2D eigenvalue weighted by molar-refractivity contribution is 6.04. The molecule has 1 N–H and O–H groups in total. The molecule has 3 aliphatic rings. The number of nitrogens with zero attached hydrogens (tertiary/aromatic N) is 1. The van der Waals surface area contributed by atoms with E-state index >= 15 is 0 Å². The summed E-state index contributed by atoms with van der Waals surface area (Å²) in [4.78, 5) is 37.9. The van der Waals surface area contributed by atoms with Crippen molar-refractivity contribution in [1.82, 2.24) is 5.32 Å². The molecule has 0 bridgehead atoms. The molecule has 1 atom stereocenters. The van der Waals surface area contributed by atoms with E-state index < -0.39 is 16.8 Å². The van der Waals surface area contributed by atoms with Gasteiger partial charge in [0, 0.05) is 41.4 Å². The molecule has 1 unspecified atom stereocenters. The number of hydrogen-bond donors (Lipinski definition) is 1. The summed E-state index contributed by atoms with van der Waals surface area (Å²) >= 11 is 0. The lowest BCUT2D eigenvalue weighted by Gasteiger charge is -2.39. The monoisotopic (exact) mass is 452 g/mol. The van der Waals surface area contributed by atoms with Gasteiger partial charge in [-0.3, -0.25) is 14.9 Å². The Hall–Kier alpha value is -2.96. The van der Waals surface area contributed by atoms with E-state index in [1.807, 2.05) is 20.8 Å². The van der Waals surface area contributed by atoms with Crippen LogP contribution in [0.25, 0.3) is 0 Å². The van der Waals surface area contributed by atoms with Crippen LogP contribution >= 0.6 is 0 Å². The van der Waals surface area contributed by atoms with E-state index in [2.05, 4.69) is 5.32 Å². The minimum atomic E-state index is -0.678. The lowest BCUT2D eigenvalue weighted by Crippen LogP contribution is -2.39. The van der Waals surface area contributed by atoms with E-state index in [4.69, 9.17) is 4.74 Å². The maximum atomic E-state index is 13.5. The van der Waals surface area contributed by atoms with Gasteiger partial charge < -0.3 is 10.1 Å². The summed E-state index contributed by atoms with van der Waals surface area (Å²) < 4.78 is 5.96. The van der Waals surface area contributed by atoms with Crippen LogP contribution in [0.1, 0.15) is 83.6 Å². The highest BCUT2D eigenvalue weighted by Gasteiger charge is 2.43. The van der Waals surface area contributed by atoms with Crippen molar-refractivity contribution >= 4 is 17.4 Å². The third-order valence-electron chi connectivity index (χ3n) is 6.95. The van der Waals surface area contributed by atoms with Crippen LogP contribution in [0, 0.1) is 15.5 Å². The maximum Gasteiger partial charge on any atom is 0.337 e. The van der Waals surface area contributed by atoms with Crippen LogP contribution in [-0.4, -0.2) is 22.8 Å². The van der Waals surface area contributed by atoms with Crippen molar-refractivity contribution in [3.63, 3.8) is 0 Å². The van der Waals surface area contributed by atoms with Crippen LogP contribution in [-0.2, 0) is 14.3 Å². The Morgan fingerprint density at radius 2 is 1.85 bits per heavy atom. The molecule has 7 nitrogen and oxygen atoms in total. The Morgan fingerprint density at radius 1 is 1.15 bits per heavy atom. The van der Waals surface area contributed by atoms with Gasteiger partial charge in [-0.2, -0.15) is 0 Å². The van der Waals surface area contributed by atoms with Gasteiger partial charge in [-0.15, -0.1) is 0 Å². The Labute approximate surface area is 194 Å². The number of carbonyl (C=O) groups is 2. The van der Waals surface area contributed by atoms with Gasteiger partial charge in [0.2, 0.25) is 0 Å². The topological polar surface area (TPSA) is 98.5 Å². The molecule has 7 heteroatoms. The summed E-state index contributed by atoms with van der Waals surface area (Å²) in [5.74, 6) is -1.15. The SMILES string of the molecule is CC1=C(C(=O)OC2CCCCCC2)C(c2cccc([N+](=O)[O-])c2)C2=C(CC(C)(C)CC2=O)N1. The van der Waals surface area contributed by atoms with Gasteiger partial charge >= 0.3 is 5.97 Å². The van der Waals surface area contributed by atoms with E-state index in [0.29, 0.717) is 35.2 Å². The fourth-order valence-electron chi connectivity index (χ4n) is 5.43. The summed E-state index contributed by atoms with van der Waals surface area (Å²) in [7, 11) is 0.